The summed E-state index contributed by atoms with van der Waals surface area (Å²) in [5.41, 5.74) is 0.489. The Balaban J connectivity index is 1.66. The molecule has 1 aliphatic heterocycles. The van der Waals surface area contributed by atoms with Gasteiger partial charge in [-0.2, -0.15) is 0 Å². The summed E-state index contributed by atoms with van der Waals surface area (Å²) in [6, 6.07) is 0.824. The number of nitrogens with one attached hydrogen (secondary N) is 1. The number of hydrogen-bond acceptors (Lipinski definition) is 2. The second kappa shape index (κ2) is 5.50. The van der Waals surface area contributed by atoms with E-state index in [1.807, 2.05) is 0 Å². The van der Waals surface area contributed by atoms with E-state index in [1.165, 1.54) is 77.4 Å². The molecule has 2 aliphatic carbocycles. The number of rotatable bonds is 2. The van der Waals surface area contributed by atoms with Crippen molar-refractivity contribution in [2.24, 2.45) is 5.92 Å². The summed E-state index contributed by atoms with van der Waals surface area (Å²) in [7, 11) is 0. The van der Waals surface area contributed by atoms with Gasteiger partial charge in [0.2, 0.25) is 0 Å². The molecule has 1 unspecified atom stereocenters. The average Bonchev–Trinajstić information content (AvgIpc) is 2.99. The molecule has 0 aromatic rings. The quantitative estimate of drug-likeness (QED) is 0.810. The van der Waals surface area contributed by atoms with Crippen LogP contribution in [0.25, 0.3) is 0 Å². The first-order chi connectivity index (χ1) is 8.79. The third-order valence-corrected chi connectivity index (χ3v) is 5.85. The van der Waals surface area contributed by atoms with Crippen LogP contribution in [-0.2, 0) is 0 Å². The summed E-state index contributed by atoms with van der Waals surface area (Å²) in [4.78, 5) is 2.83. The summed E-state index contributed by atoms with van der Waals surface area (Å²) >= 11 is 0. The fourth-order valence-corrected chi connectivity index (χ4v) is 4.63. The molecule has 1 spiro atoms. The molecule has 3 fully saturated rings. The van der Waals surface area contributed by atoms with E-state index in [2.05, 4.69) is 17.1 Å². The molecule has 104 valence electrons. The molecule has 0 bridgehead atoms. The van der Waals surface area contributed by atoms with E-state index in [1.54, 1.807) is 0 Å². The van der Waals surface area contributed by atoms with Crippen LogP contribution in [0.4, 0.5) is 0 Å². The van der Waals surface area contributed by atoms with Gasteiger partial charge in [-0.3, -0.25) is 4.90 Å². The molecule has 2 nitrogen and oxygen atoms in total. The van der Waals surface area contributed by atoms with Crippen molar-refractivity contribution >= 4 is 0 Å². The largest absolute Gasteiger partial charge is 0.310 e. The molecule has 0 aromatic heterocycles. The lowest BCUT2D eigenvalue weighted by Gasteiger charge is -2.38. The molecule has 2 saturated carbocycles. The summed E-state index contributed by atoms with van der Waals surface area (Å²) in [6.07, 6.45) is 13.0. The monoisotopic (exact) mass is 250 g/mol. The van der Waals surface area contributed by atoms with Gasteiger partial charge in [0.1, 0.15) is 0 Å². The van der Waals surface area contributed by atoms with Crippen LogP contribution in [-0.4, -0.2) is 36.1 Å². The van der Waals surface area contributed by atoms with Crippen molar-refractivity contribution in [2.75, 3.05) is 19.6 Å². The van der Waals surface area contributed by atoms with Crippen molar-refractivity contribution in [1.29, 1.82) is 0 Å². The van der Waals surface area contributed by atoms with Crippen molar-refractivity contribution in [3.63, 3.8) is 0 Å². The van der Waals surface area contributed by atoms with E-state index in [4.69, 9.17) is 0 Å². The standard InChI is InChI=1S/C16H30N2/c1-14(15-7-2-3-8-15)18-12-6-11-17-16(13-18)9-4-5-10-16/h14-15,17H,2-13H2,1H3. The second-order valence-corrected chi connectivity index (χ2v) is 7.02. The Bertz CT molecular complexity index is 264. The molecule has 0 aromatic carbocycles. The molecule has 3 aliphatic rings. The van der Waals surface area contributed by atoms with Gasteiger partial charge >= 0.3 is 0 Å². The van der Waals surface area contributed by atoms with Crippen LogP contribution in [0.2, 0.25) is 0 Å². The van der Waals surface area contributed by atoms with Gasteiger partial charge in [0.05, 0.1) is 0 Å². The van der Waals surface area contributed by atoms with E-state index in [0.717, 1.165) is 12.0 Å². The van der Waals surface area contributed by atoms with Crippen LogP contribution in [0.5, 0.6) is 0 Å². The SMILES string of the molecule is CC(C1CCCC1)N1CCCNC2(CCCC2)C1. The average molecular weight is 250 g/mol. The third-order valence-electron chi connectivity index (χ3n) is 5.85. The van der Waals surface area contributed by atoms with Crippen molar-refractivity contribution in [2.45, 2.75) is 76.3 Å². The molecule has 1 saturated heterocycles. The zero-order valence-electron chi connectivity index (χ0n) is 12.1. The topological polar surface area (TPSA) is 15.3 Å². The Morgan fingerprint density at radius 3 is 2.50 bits per heavy atom. The highest BCUT2D eigenvalue weighted by atomic mass is 15.2. The van der Waals surface area contributed by atoms with Crippen molar-refractivity contribution in [3.05, 3.63) is 0 Å². The lowest BCUT2D eigenvalue weighted by atomic mass is 9.93. The fourth-order valence-electron chi connectivity index (χ4n) is 4.63. The maximum atomic E-state index is 3.89. The smallest absolute Gasteiger partial charge is 0.0308 e. The predicted octanol–water partition coefficient (Wildman–Crippen LogP) is 3.17. The van der Waals surface area contributed by atoms with Crippen LogP contribution in [0.3, 0.4) is 0 Å². The van der Waals surface area contributed by atoms with E-state index in [9.17, 15) is 0 Å². The summed E-state index contributed by atoms with van der Waals surface area (Å²) in [6.45, 7) is 6.40. The van der Waals surface area contributed by atoms with Gasteiger partial charge in [-0.1, -0.05) is 25.7 Å². The van der Waals surface area contributed by atoms with Gasteiger partial charge in [-0.15, -0.1) is 0 Å². The zero-order chi connectivity index (χ0) is 12.4. The van der Waals surface area contributed by atoms with Crippen LogP contribution >= 0.6 is 0 Å². The van der Waals surface area contributed by atoms with Crippen molar-refractivity contribution in [3.8, 4) is 0 Å². The molecule has 0 radical (unpaired) electrons. The van der Waals surface area contributed by atoms with Gasteiger partial charge < -0.3 is 5.32 Å². The number of hydrogen-bond donors (Lipinski definition) is 1. The maximum absolute atomic E-state index is 3.89. The third kappa shape index (κ3) is 2.60. The Hall–Kier alpha value is -0.0800. The molecular formula is C16H30N2. The summed E-state index contributed by atoms with van der Waals surface area (Å²) in [5.74, 6) is 0.988. The molecule has 2 heteroatoms. The first-order valence-electron chi connectivity index (χ1n) is 8.28. The molecule has 3 rings (SSSR count). The van der Waals surface area contributed by atoms with Gasteiger partial charge in [-0.25, -0.2) is 0 Å². The first kappa shape index (κ1) is 12.9. The Morgan fingerprint density at radius 2 is 1.78 bits per heavy atom. The van der Waals surface area contributed by atoms with Crippen LogP contribution in [0.1, 0.15) is 64.7 Å². The number of nitrogens with zero attached hydrogens (tertiary/aromatic N) is 1. The fraction of sp³-hybridized carbons (Fsp3) is 1.00. The first-order valence-corrected chi connectivity index (χ1v) is 8.28. The Morgan fingerprint density at radius 1 is 1.06 bits per heavy atom. The van der Waals surface area contributed by atoms with Gasteiger partial charge in [-0.05, 0) is 58.0 Å². The highest BCUT2D eigenvalue weighted by Gasteiger charge is 2.38. The van der Waals surface area contributed by atoms with Crippen molar-refractivity contribution in [1.82, 2.24) is 10.2 Å². The normalized spacial score (nSPS) is 31.8. The lowest BCUT2D eigenvalue weighted by molar-refractivity contribution is 0.126. The molecule has 1 N–H and O–H groups in total. The van der Waals surface area contributed by atoms with E-state index in [-0.39, 0.29) is 0 Å². The minimum absolute atomic E-state index is 0.489. The maximum Gasteiger partial charge on any atom is 0.0308 e. The Kier molecular flexibility index (Phi) is 3.95. The van der Waals surface area contributed by atoms with Crippen LogP contribution in [0.15, 0.2) is 0 Å². The molecule has 1 heterocycles. The molecule has 0 amide bonds. The summed E-state index contributed by atoms with van der Waals surface area (Å²) < 4.78 is 0. The van der Waals surface area contributed by atoms with Gasteiger partial charge in [0, 0.05) is 18.1 Å². The summed E-state index contributed by atoms with van der Waals surface area (Å²) in [5, 5.41) is 3.89. The van der Waals surface area contributed by atoms with E-state index < -0.39 is 0 Å². The minimum atomic E-state index is 0.489. The Labute approximate surface area is 113 Å². The highest BCUT2D eigenvalue weighted by molar-refractivity contribution is 4.98. The van der Waals surface area contributed by atoms with E-state index in [0.29, 0.717) is 5.54 Å². The lowest BCUT2D eigenvalue weighted by Crippen LogP contribution is -2.52. The minimum Gasteiger partial charge on any atom is -0.310 e. The van der Waals surface area contributed by atoms with E-state index >= 15 is 0 Å². The van der Waals surface area contributed by atoms with Gasteiger partial charge in [0.15, 0.2) is 0 Å². The van der Waals surface area contributed by atoms with Gasteiger partial charge in [0.25, 0.3) is 0 Å². The molecule has 18 heavy (non-hydrogen) atoms. The molecule has 1 atom stereocenters. The highest BCUT2D eigenvalue weighted by Crippen LogP contribution is 2.35. The molecular weight excluding hydrogens is 220 g/mol. The van der Waals surface area contributed by atoms with Crippen molar-refractivity contribution < 1.29 is 0 Å². The van der Waals surface area contributed by atoms with Crippen LogP contribution in [0, 0.1) is 5.92 Å². The van der Waals surface area contributed by atoms with Crippen LogP contribution < -0.4 is 5.32 Å². The second-order valence-electron chi connectivity index (χ2n) is 7.02. The predicted molar refractivity (Wildman–Crippen MR) is 76.8 cm³/mol. The zero-order valence-corrected chi connectivity index (χ0v) is 12.1.